The van der Waals surface area contributed by atoms with Crippen LogP contribution in [0.2, 0.25) is 0 Å². The minimum absolute atomic E-state index is 0.883. The van der Waals surface area contributed by atoms with E-state index in [1.54, 1.807) is 0 Å². The number of hydrogen-bond donors (Lipinski definition) is 0. The number of nitrogens with zero attached hydrogens (tertiary/aromatic N) is 2. The van der Waals surface area contributed by atoms with E-state index >= 15 is 0 Å². The third-order valence-corrected chi connectivity index (χ3v) is 4.93. The predicted molar refractivity (Wildman–Crippen MR) is 107 cm³/mol. The molecule has 1 aliphatic rings. The molecule has 2 heteroatoms. The maximum absolute atomic E-state index is 5.56. The van der Waals surface area contributed by atoms with E-state index in [0.29, 0.717) is 0 Å². The molecular weight excluding hydrogens is 304 g/mol. The fraction of sp³-hybridized carbons (Fsp3) is 0.304. The first kappa shape index (κ1) is 17.0. The molecule has 2 nitrogen and oxygen atoms in total. The molecule has 0 spiro atoms. The van der Waals surface area contributed by atoms with Gasteiger partial charge in [-0.15, -0.1) is 12.8 Å². The molecule has 0 N–H and O–H groups in total. The lowest BCUT2D eigenvalue weighted by Gasteiger charge is -2.26. The maximum Gasteiger partial charge on any atom is 0.0904 e. The Kier molecular flexibility index (Phi) is 4.47. The third kappa shape index (κ3) is 3.09. The van der Waals surface area contributed by atoms with Crippen LogP contribution in [0.3, 0.4) is 0 Å². The average molecular weight is 328 g/mol. The van der Waals surface area contributed by atoms with Crippen molar-refractivity contribution in [1.29, 1.82) is 0 Å². The highest BCUT2D eigenvalue weighted by Gasteiger charge is 2.25. The minimum Gasteiger partial charge on any atom is -0.352 e. The second-order valence-electron chi connectivity index (χ2n) is 6.87. The van der Waals surface area contributed by atoms with Gasteiger partial charge in [0.2, 0.25) is 0 Å². The van der Waals surface area contributed by atoms with Crippen molar-refractivity contribution in [2.45, 2.75) is 27.7 Å². The van der Waals surface area contributed by atoms with E-state index in [4.69, 9.17) is 12.8 Å². The van der Waals surface area contributed by atoms with E-state index in [0.717, 1.165) is 30.9 Å². The molecule has 1 saturated heterocycles. The zero-order chi connectivity index (χ0) is 18.1. The SMILES string of the molecule is C#Cc1cc(C)c(N2CCN(c3c(C)cc(C#C)cc3C)C2)c(C)c1. The van der Waals surface area contributed by atoms with Crippen LogP contribution < -0.4 is 9.80 Å². The Morgan fingerprint density at radius 2 is 1.00 bits per heavy atom. The molecule has 0 bridgehead atoms. The Balaban J connectivity index is 1.91. The Morgan fingerprint density at radius 3 is 1.28 bits per heavy atom. The number of rotatable bonds is 2. The predicted octanol–water partition coefficient (Wildman–Crippen LogP) is 4.17. The van der Waals surface area contributed by atoms with E-state index in [9.17, 15) is 0 Å². The molecule has 25 heavy (non-hydrogen) atoms. The van der Waals surface area contributed by atoms with Crippen LogP contribution in [0.15, 0.2) is 24.3 Å². The Hall–Kier alpha value is -2.84. The summed E-state index contributed by atoms with van der Waals surface area (Å²) < 4.78 is 0. The van der Waals surface area contributed by atoms with E-state index in [-0.39, 0.29) is 0 Å². The van der Waals surface area contributed by atoms with E-state index in [2.05, 4.69) is 73.6 Å². The molecule has 0 atom stereocenters. The quantitative estimate of drug-likeness (QED) is 0.764. The van der Waals surface area contributed by atoms with Gasteiger partial charge in [-0.1, -0.05) is 11.8 Å². The van der Waals surface area contributed by atoms with Gasteiger partial charge >= 0.3 is 0 Å². The summed E-state index contributed by atoms with van der Waals surface area (Å²) in [7, 11) is 0. The molecule has 1 heterocycles. The number of benzene rings is 2. The molecule has 1 aliphatic heterocycles. The fourth-order valence-electron chi connectivity index (χ4n) is 4.03. The highest BCUT2D eigenvalue weighted by atomic mass is 15.4. The number of hydrogen-bond acceptors (Lipinski definition) is 2. The van der Waals surface area contributed by atoms with E-state index < -0.39 is 0 Å². The van der Waals surface area contributed by atoms with Gasteiger partial charge in [0.1, 0.15) is 0 Å². The highest BCUT2D eigenvalue weighted by Crippen LogP contribution is 2.33. The van der Waals surface area contributed by atoms with Crippen molar-refractivity contribution in [2.75, 3.05) is 29.6 Å². The fourth-order valence-corrected chi connectivity index (χ4v) is 4.03. The number of terminal acetylenes is 2. The normalized spacial score (nSPS) is 13.7. The van der Waals surface area contributed by atoms with Gasteiger partial charge in [0.15, 0.2) is 0 Å². The summed E-state index contributed by atoms with van der Waals surface area (Å²) >= 11 is 0. The summed E-state index contributed by atoms with van der Waals surface area (Å²) in [4.78, 5) is 4.89. The smallest absolute Gasteiger partial charge is 0.0904 e. The molecule has 0 unspecified atom stereocenters. The van der Waals surface area contributed by atoms with Crippen molar-refractivity contribution in [2.24, 2.45) is 0 Å². The summed E-state index contributed by atoms with van der Waals surface area (Å²) in [6.45, 7) is 11.5. The zero-order valence-electron chi connectivity index (χ0n) is 15.5. The molecule has 1 fully saturated rings. The van der Waals surface area contributed by atoms with Crippen LogP contribution in [0.25, 0.3) is 0 Å². The van der Waals surface area contributed by atoms with Crippen molar-refractivity contribution in [3.63, 3.8) is 0 Å². The van der Waals surface area contributed by atoms with Crippen LogP contribution in [0.1, 0.15) is 33.4 Å². The summed E-state index contributed by atoms with van der Waals surface area (Å²) in [6.07, 6.45) is 11.1. The lowest BCUT2D eigenvalue weighted by Crippen LogP contribution is -2.27. The summed E-state index contributed by atoms with van der Waals surface area (Å²) in [5.74, 6) is 5.48. The number of anilines is 2. The zero-order valence-corrected chi connectivity index (χ0v) is 15.5. The maximum atomic E-state index is 5.56. The van der Waals surface area contributed by atoms with Gasteiger partial charge in [-0.05, 0) is 74.2 Å². The molecule has 0 saturated carbocycles. The second kappa shape index (κ2) is 6.58. The van der Waals surface area contributed by atoms with Gasteiger partial charge < -0.3 is 9.80 Å². The topological polar surface area (TPSA) is 6.48 Å². The lowest BCUT2D eigenvalue weighted by molar-refractivity contribution is 0.931. The first-order valence-corrected chi connectivity index (χ1v) is 8.60. The van der Waals surface area contributed by atoms with Gasteiger partial charge in [-0.3, -0.25) is 0 Å². The standard InChI is InChI=1S/C23H24N2/c1-7-20-11-16(3)22(17(4)12-20)24-9-10-25(15-24)23-18(5)13-21(8-2)14-19(23)6/h1-2,11-14H,9-10,15H2,3-6H3. The van der Waals surface area contributed by atoms with E-state index in [1.165, 1.54) is 33.6 Å². The van der Waals surface area contributed by atoms with Crippen molar-refractivity contribution >= 4 is 11.4 Å². The Morgan fingerprint density at radius 1 is 0.680 bits per heavy atom. The van der Waals surface area contributed by atoms with Crippen molar-refractivity contribution in [1.82, 2.24) is 0 Å². The van der Waals surface area contributed by atoms with Crippen molar-refractivity contribution in [3.8, 4) is 24.7 Å². The van der Waals surface area contributed by atoms with E-state index in [1.807, 2.05) is 0 Å². The highest BCUT2D eigenvalue weighted by molar-refractivity contribution is 5.67. The first-order chi connectivity index (χ1) is 11.9. The van der Waals surface area contributed by atoms with Crippen LogP contribution in [-0.4, -0.2) is 19.8 Å². The first-order valence-electron chi connectivity index (χ1n) is 8.60. The van der Waals surface area contributed by atoms with Crippen molar-refractivity contribution in [3.05, 3.63) is 57.6 Å². The Bertz CT molecular complexity index is 787. The molecule has 3 rings (SSSR count). The van der Waals surface area contributed by atoms with Crippen LogP contribution in [0.5, 0.6) is 0 Å². The molecule has 2 aromatic carbocycles. The number of aryl methyl sites for hydroxylation is 4. The second-order valence-corrected chi connectivity index (χ2v) is 6.87. The lowest BCUT2D eigenvalue weighted by atomic mass is 10.0. The molecule has 0 aromatic heterocycles. The molecule has 0 radical (unpaired) electrons. The van der Waals surface area contributed by atoms with Gasteiger partial charge in [-0.2, -0.15) is 0 Å². The van der Waals surface area contributed by atoms with Crippen LogP contribution in [-0.2, 0) is 0 Å². The monoisotopic (exact) mass is 328 g/mol. The van der Waals surface area contributed by atoms with Gasteiger partial charge in [0, 0.05) is 35.6 Å². The third-order valence-electron chi connectivity index (χ3n) is 4.93. The van der Waals surface area contributed by atoms with Crippen molar-refractivity contribution < 1.29 is 0 Å². The van der Waals surface area contributed by atoms with Crippen LogP contribution >= 0.6 is 0 Å². The summed E-state index contributed by atoms with van der Waals surface area (Å²) in [6, 6.07) is 8.40. The summed E-state index contributed by atoms with van der Waals surface area (Å²) in [5, 5.41) is 0. The summed E-state index contributed by atoms with van der Waals surface area (Å²) in [5.41, 5.74) is 9.47. The van der Waals surface area contributed by atoms with Gasteiger partial charge in [-0.25, -0.2) is 0 Å². The molecule has 126 valence electrons. The Labute approximate surface area is 151 Å². The molecule has 0 amide bonds. The van der Waals surface area contributed by atoms with Gasteiger partial charge in [0.25, 0.3) is 0 Å². The molecular formula is C23H24N2. The van der Waals surface area contributed by atoms with Gasteiger partial charge in [0.05, 0.1) is 6.67 Å². The molecule has 0 aliphatic carbocycles. The van der Waals surface area contributed by atoms with Crippen LogP contribution in [0.4, 0.5) is 11.4 Å². The minimum atomic E-state index is 0.883. The molecule has 2 aromatic rings. The largest absolute Gasteiger partial charge is 0.352 e. The van der Waals surface area contributed by atoms with Crippen LogP contribution in [0, 0.1) is 52.4 Å². The average Bonchev–Trinajstić information content (AvgIpc) is 3.02.